The number of fused-ring (bicyclic) bond motifs is 1. The maximum atomic E-state index is 13.1. The first-order valence-electron chi connectivity index (χ1n) is 10.6. The molecule has 1 aliphatic carbocycles. The number of rotatable bonds is 4. The second-order valence-corrected chi connectivity index (χ2v) is 8.76. The van der Waals surface area contributed by atoms with Crippen molar-refractivity contribution in [3.8, 4) is 11.4 Å². The van der Waals surface area contributed by atoms with Gasteiger partial charge in [0.15, 0.2) is 4.77 Å². The Kier molecular flexibility index (Phi) is 5.96. The van der Waals surface area contributed by atoms with Crippen LogP contribution in [0.25, 0.3) is 16.6 Å². The van der Waals surface area contributed by atoms with Gasteiger partial charge >= 0.3 is 0 Å². The van der Waals surface area contributed by atoms with Crippen LogP contribution < -0.4 is 15.6 Å². The molecule has 1 aliphatic rings. The molecule has 0 radical (unpaired) electrons. The SMILES string of the molecule is COc1ccc(-n2c(=S)[nH]c3cc(C(=O)N[C@@H]4CCC[C@H](C)[C@H]4C)ccc3c2=O)cc1. The lowest BCUT2D eigenvalue weighted by Crippen LogP contribution is -2.43. The summed E-state index contributed by atoms with van der Waals surface area (Å²) in [5.41, 5.74) is 1.49. The van der Waals surface area contributed by atoms with Gasteiger partial charge in [0.1, 0.15) is 5.75 Å². The van der Waals surface area contributed by atoms with Crippen LogP contribution in [-0.2, 0) is 0 Å². The van der Waals surface area contributed by atoms with E-state index in [1.54, 1.807) is 49.6 Å². The molecule has 2 N–H and O–H groups in total. The zero-order chi connectivity index (χ0) is 22.1. The zero-order valence-electron chi connectivity index (χ0n) is 18.0. The molecule has 6 nitrogen and oxygen atoms in total. The largest absolute Gasteiger partial charge is 0.497 e. The average Bonchev–Trinajstić information content (AvgIpc) is 2.77. The number of carbonyl (C=O) groups is 1. The van der Waals surface area contributed by atoms with Crippen LogP contribution in [0.2, 0.25) is 0 Å². The van der Waals surface area contributed by atoms with Crippen LogP contribution in [0.3, 0.4) is 0 Å². The summed E-state index contributed by atoms with van der Waals surface area (Å²) in [4.78, 5) is 29.1. The molecule has 0 saturated heterocycles. The number of ether oxygens (including phenoxy) is 1. The number of H-pyrrole nitrogens is 1. The summed E-state index contributed by atoms with van der Waals surface area (Å²) >= 11 is 5.45. The Bertz CT molecular complexity index is 1230. The molecule has 0 unspecified atom stereocenters. The lowest BCUT2D eigenvalue weighted by Gasteiger charge is -2.34. The quantitative estimate of drug-likeness (QED) is 0.585. The van der Waals surface area contributed by atoms with Gasteiger partial charge in [-0.05, 0) is 72.9 Å². The molecule has 4 rings (SSSR count). The molecule has 1 aromatic heterocycles. The molecule has 0 aliphatic heterocycles. The van der Waals surface area contributed by atoms with Crippen LogP contribution in [0.5, 0.6) is 5.75 Å². The number of aromatic nitrogens is 2. The molecule has 7 heteroatoms. The second-order valence-electron chi connectivity index (χ2n) is 8.38. The molecule has 1 saturated carbocycles. The smallest absolute Gasteiger partial charge is 0.266 e. The predicted octanol–water partition coefficient (Wildman–Crippen LogP) is 4.61. The van der Waals surface area contributed by atoms with Crippen molar-refractivity contribution in [3.63, 3.8) is 0 Å². The normalized spacial score (nSPS) is 21.1. The highest BCUT2D eigenvalue weighted by atomic mass is 32.1. The van der Waals surface area contributed by atoms with Gasteiger partial charge in [-0.25, -0.2) is 0 Å². The van der Waals surface area contributed by atoms with E-state index in [1.807, 2.05) is 0 Å². The van der Waals surface area contributed by atoms with E-state index in [1.165, 1.54) is 11.0 Å². The summed E-state index contributed by atoms with van der Waals surface area (Å²) in [7, 11) is 1.59. The van der Waals surface area contributed by atoms with Gasteiger partial charge in [-0.15, -0.1) is 0 Å². The molecule has 3 aromatic rings. The van der Waals surface area contributed by atoms with Gasteiger partial charge in [-0.3, -0.25) is 14.2 Å². The molecule has 0 bridgehead atoms. The molecule has 31 heavy (non-hydrogen) atoms. The number of benzene rings is 2. The summed E-state index contributed by atoms with van der Waals surface area (Å²) in [5, 5.41) is 3.66. The van der Waals surface area contributed by atoms with Crippen LogP contribution in [0.1, 0.15) is 43.5 Å². The van der Waals surface area contributed by atoms with Crippen molar-refractivity contribution in [1.82, 2.24) is 14.9 Å². The predicted molar refractivity (Wildman–Crippen MR) is 125 cm³/mol. The maximum absolute atomic E-state index is 13.1. The fourth-order valence-electron chi connectivity index (χ4n) is 4.36. The van der Waals surface area contributed by atoms with Gasteiger partial charge in [0, 0.05) is 11.6 Å². The Morgan fingerprint density at radius 2 is 1.90 bits per heavy atom. The maximum Gasteiger partial charge on any atom is 0.266 e. The van der Waals surface area contributed by atoms with E-state index in [4.69, 9.17) is 17.0 Å². The third-order valence-electron chi connectivity index (χ3n) is 6.51. The first-order valence-corrected chi connectivity index (χ1v) is 11.0. The van der Waals surface area contributed by atoms with Crippen LogP contribution in [0.15, 0.2) is 47.3 Å². The lowest BCUT2D eigenvalue weighted by atomic mass is 9.78. The van der Waals surface area contributed by atoms with E-state index in [-0.39, 0.29) is 22.3 Å². The zero-order valence-corrected chi connectivity index (χ0v) is 18.8. The van der Waals surface area contributed by atoms with Crippen molar-refractivity contribution < 1.29 is 9.53 Å². The number of amides is 1. The molecule has 162 valence electrons. The highest BCUT2D eigenvalue weighted by Gasteiger charge is 2.28. The summed E-state index contributed by atoms with van der Waals surface area (Å²) in [6, 6.07) is 12.4. The minimum atomic E-state index is -0.231. The van der Waals surface area contributed by atoms with Crippen molar-refractivity contribution >= 4 is 29.0 Å². The fourth-order valence-corrected chi connectivity index (χ4v) is 4.66. The first kappa shape index (κ1) is 21.3. The Balaban J connectivity index is 1.66. The van der Waals surface area contributed by atoms with E-state index in [0.717, 1.165) is 12.8 Å². The minimum Gasteiger partial charge on any atom is -0.497 e. The molecule has 1 fully saturated rings. The molecule has 3 atom stereocenters. The van der Waals surface area contributed by atoms with E-state index in [9.17, 15) is 9.59 Å². The first-order chi connectivity index (χ1) is 14.9. The standard InChI is InChI=1S/C24H27N3O3S/c1-14-5-4-6-20(15(14)2)25-22(28)16-7-12-19-21(13-16)26-24(31)27(23(19)29)17-8-10-18(30-3)11-9-17/h7-15,20H,4-6H2,1-3H3,(H,25,28)(H,26,31)/t14-,15+,20+/m0/s1. The Morgan fingerprint density at radius 3 is 2.61 bits per heavy atom. The summed E-state index contributed by atoms with van der Waals surface area (Å²) < 4.78 is 6.90. The van der Waals surface area contributed by atoms with Gasteiger partial charge in [0.05, 0.1) is 23.7 Å². The number of carbonyl (C=O) groups excluding carboxylic acids is 1. The van der Waals surface area contributed by atoms with Crippen molar-refractivity contribution in [2.45, 2.75) is 39.2 Å². The number of nitrogens with one attached hydrogen (secondary N) is 2. The van der Waals surface area contributed by atoms with Crippen molar-refractivity contribution in [3.05, 3.63) is 63.2 Å². The second kappa shape index (κ2) is 8.67. The van der Waals surface area contributed by atoms with Gasteiger partial charge in [-0.2, -0.15) is 0 Å². The van der Waals surface area contributed by atoms with Crippen molar-refractivity contribution in [1.29, 1.82) is 0 Å². The van der Waals surface area contributed by atoms with Crippen LogP contribution >= 0.6 is 12.2 Å². The molecular weight excluding hydrogens is 410 g/mol. The lowest BCUT2D eigenvalue weighted by molar-refractivity contribution is 0.0891. The van der Waals surface area contributed by atoms with E-state index in [2.05, 4.69) is 24.1 Å². The third kappa shape index (κ3) is 4.14. The van der Waals surface area contributed by atoms with Crippen LogP contribution in [0, 0.1) is 16.6 Å². The number of nitrogens with zero attached hydrogens (tertiary/aromatic N) is 1. The molecular formula is C24H27N3O3S. The van der Waals surface area contributed by atoms with Gasteiger partial charge in [0.2, 0.25) is 0 Å². The van der Waals surface area contributed by atoms with E-state index >= 15 is 0 Å². The number of hydrogen-bond donors (Lipinski definition) is 2. The molecule has 1 amide bonds. The number of aromatic amines is 1. The molecule has 0 spiro atoms. The highest BCUT2D eigenvalue weighted by Crippen LogP contribution is 2.29. The van der Waals surface area contributed by atoms with Crippen molar-refractivity contribution in [2.75, 3.05) is 7.11 Å². The van der Waals surface area contributed by atoms with E-state index in [0.29, 0.717) is 39.7 Å². The van der Waals surface area contributed by atoms with E-state index < -0.39 is 0 Å². The Labute approximate surface area is 186 Å². The third-order valence-corrected chi connectivity index (χ3v) is 6.80. The monoisotopic (exact) mass is 437 g/mol. The van der Waals surface area contributed by atoms with Gasteiger partial charge in [0.25, 0.3) is 11.5 Å². The van der Waals surface area contributed by atoms with Gasteiger partial charge in [-0.1, -0.05) is 26.7 Å². The summed E-state index contributed by atoms with van der Waals surface area (Å²) in [6.07, 6.45) is 3.34. The molecule has 2 aromatic carbocycles. The Morgan fingerprint density at radius 1 is 1.16 bits per heavy atom. The number of hydrogen-bond acceptors (Lipinski definition) is 4. The minimum absolute atomic E-state index is 0.119. The average molecular weight is 438 g/mol. The highest BCUT2D eigenvalue weighted by molar-refractivity contribution is 7.71. The summed E-state index contributed by atoms with van der Waals surface area (Å²) in [6.45, 7) is 4.45. The topological polar surface area (TPSA) is 76.1 Å². The van der Waals surface area contributed by atoms with Crippen molar-refractivity contribution in [2.24, 2.45) is 11.8 Å². The number of methoxy groups -OCH3 is 1. The van der Waals surface area contributed by atoms with Crippen LogP contribution in [-0.4, -0.2) is 28.6 Å². The Hall–Kier alpha value is -2.93. The molecule has 1 heterocycles. The van der Waals surface area contributed by atoms with Crippen LogP contribution in [0.4, 0.5) is 0 Å². The van der Waals surface area contributed by atoms with Gasteiger partial charge < -0.3 is 15.0 Å². The summed E-state index contributed by atoms with van der Waals surface area (Å²) in [5.74, 6) is 1.63. The fraction of sp³-hybridized carbons (Fsp3) is 0.375.